The molecule has 33 heavy (non-hydrogen) atoms. The molecule has 1 aromatic heterocycles. The maximum Gasteiger partial charge on any atom is 0.220 e. The van der Waals surface area contributed by atoms with E-state index in [0.29, 0.717) is 11.3 Å². The zero-order chi connectivity index (χ0) is 23.1. The number of hydrogen-bond acceptors (Lipinski definition) is 0. The van der Waals surface area contributed by atoms with Crippen LogP contribution in [0.3, 0.4) is 0 Å². The number of fused-ring (bicyclic) bond motifs is 1. The lowest BCUT2D eigenvalue weighted by Crippen LogP contribution is -2.48. The molecule has 0 aliphatic heterocycles. The second-order valence-electron chi connectivity index (χ2n) is 12.4. The minimum atomic E-state index is 0.457. The maximum atomic E-state index is 2.59. The normalized spacial score (nSPS) is 28.3. The number of rotatable bonds is 3. The summed E-state index contributed by atoms with van der Waals surface area (Å²) in [5, 5.41) is 2.83. The molecule has 2 aromatic carbocycles. The van der Waals surface area contributed by atoms with E-state index in [2.05, 4.69) is 82.6 Å². The van der Waals surface area contributed by atoms with Gasteiger partial charge in [-0.2, -0.15) is 4.57 Å². The summed E-state index contributed by atoms with van der Waals surface area (Å²) in [6.45, 7) is 11.5. The maximum absolute atomic E-state index is 2.59. The molecule has 0 saturated heterocycles. The number of benzene rings is 2. The van der Waals surface area contributed by atoms with E-state index in [4.69, 9.17) is 0 Å². The van der Waals surface area contributed by atoms with Crippen LogP contribution in [0.15, 0.2) is 36.4 Å². The van der Waals surface area contributed by atoms with Gasteiger partial charge in [-0.15, -0.1) is 0 Å². The number of pyridine rings is 1. The van der Waals surface area contributed by atoms with E-state index in [1.54, 1.807) is 5.56 Å². The fraction of sp³-hybridized carbons (Fsp3) is 0.531. The van der Waals surface area contributed by atoms with Gasteiger partial charge in [0.1, 0.15) is 7.05 Å². The molecule has 0 spiro atoms. The number of nitrogens with zero attached hydrogens (tertiary/aromatic N) is 1. The lowest BCUT2D eigenvalue weighted by atomic mass is 9.48. The highest BCUT2D eigenvalue weighted by atomic mass is 14.9. The van der Waals surface area contributed by atoms with Crippen LogP contribution in [0.5, 0.6) is 0 Å². The first-order valence-corrected chi connectivity index (χ1v) is 13.3. The van der Waals surface area contributed by atoms with E-state index in [9.17, 15) is 0 Å². The molecule has 4 fully saturated rings. The van der Waals surface area contributed by atoms with Crippen LogP contribution in [0.2, 0.25) is 0 Å². The standard InChI is InChI=1S/C32H40N/c1-19(2)26-9-20(3)22(5)30(15-26)31-29-8-7-28(14-27(29)10-21(4)33(31)6)32-16-23-11-24(17-32)13-25(12-23)18-32/h7-10,14-15,19,23-25H,11-13,16-18H2,1-6H3/q+1. The summed E-state index contributed by atoms with van der Waals surface area (Å²) in [6, 6.07) is 14.8. The Bertz CT molecular complexity index is 1230. The predicted octanol–water partition coefficient (Wildman–Crippen LogP) is 7.85. The first-order chi connectivity index (χ1) is 15.7. The Morgan fingerprint density at radius 1 is 0.848 bits per heavy atom. The predicted molar refractivity (Wildman–Crippen MR) is 139 cm³/mol. The van der Waals surface area contributed by atoms with Gasteiger partial charge in [-0.1, -0.05) is 32.0 Å². The second kappa shape index (κ2) is 7.42. The van der Waals surface area contributed by atoms with E-state index in [1.165, 1.54) is 82.9 Å². The summed E-state index contributed by atoms with van der Waals surface area (Å²) in [5.41, 5.74) is 10.5. The van der Waals surface area contributed by atoms with Gasteiger partial charge in [0.15, 0.2) is 5.69 Å². The van der Waals surface area contributed by atoms with Crippen LogP contribution in [0.4, 0.5) is 0 Å². The molecule has 0 unspecified atom stereocenters. The van der Waals surface area contributed by atoms with Crippen molar-refractivity contribution in [1.29, 1.82) is 0 Å². The van der Waals surface area contributed by atoms with E-state index in [1.807, 2.05) is 0 Å². The number of aryl methyl sites for hydroxylation is 2. The van der Waals surface area contributed by atoms with Crippen molar-refractivity contribution < 1.29 is 4.57 Å². The Morgan fingerprint density at radius 2 is 1.48 bits per heavy atom. The Hall–Kier alpha value is -2.15. The van der Waals surface area contributed by atoms with Crippen LogP contribution in [-0.2, 0) is 12.5 Å². The van der Waals surface area contributed by atoms with Crippen molar-refractivity contribution in [3.63, 3.8) is 0 Å². The highest BCUT2D eigenvalue weighted by Gasteiger charge is 2.51. The largest absolute Gasteiger partial charge is 0.220 e. The first-order valence-electron chi connectivity index (χ1n) is 13.3. The van der Waals surface area contributed by atoms with Gasteiger partial charge < -0.3 is 0 Å². The summed E-state index contributed by atoms with van der Waals surface area (Å²) in [7, 11) is 2.24. The van der Waals surface area contributed by atoms with Crippen LogP contribution >= 0.6 is 0 Å². The molecule has 0 amide bonds. The van der Waals surface area contributed by atoms with Gasteiger partial charge in [-0.25, -0.2) is 0 Å². The molecule has 4 aliphatic carbocycles. The van der Waals surface area contributed by atoms with E-state index in [0.717, 1.165) is 17.8 Å². The van der Waals surface area contributed by atoms with Gasteiger partial charge in [-0.3, -0.25) is 0 Å². The molecule has 0 N–H and O–H groups in total. The van der Waals surface area contributed by atoms with Crippen molar-refractivity contribution in [3.05, 3.63) is 64.3 Å². The Kier molecular flexibility index (Phi) is 4.81. The van der Waals surface area contributed by atoms with Crippen LogP contribution in [0, 0.1) is 38.5 Å². The molecular weight excluding hydrogens is 398 g/mol. The third-order valence-corrected chi connectivity index (χ3v) is 9.80. The van der Waals surface area contributed by atoms with Crippen LogP contribution < -0.4 is 4.57 Å². The Balaban J connectivity index is 1.54. The minimum Gasteiger partial charge on any atom is -0.198 e. The Morgan fingerprint density at radius 3 is 2.09 bits per heavy atom. The van der Waals surface area contributed by atoms with Crippen LogP contribution in [0.1, 0.15) is 86.2 Å². The average molecular weight is 439 g/mol. The van der Waals surface area contributed by atoms with E-state index >= 15 is 0 Å². The molecule has 4 aliphatic rings. The van der Waals surface area contributed by atoms with Crippen molar-refractivity contribution in [3.8, 4) is 11.3 Å². The fourth-order valence-corrected chi connectivity index (χ4v) is 8.16. The molecule has 1 nitrogen and oxygen atoms in total. The number of hydrogen-bond donors (Lipinski definition) is 0. The van der Waals surface area contributed by atoms with Gasteiger partial charge in [0, 0.05) is 13.0 Å². The highest BCUT2D eigenvalue weighted by Crippen LogP contribution is 2.60. The summed E-state index contributed by atoms with van der Waals surface area (Å²) < 4.78 is 2.42. The van der Waals surface area contributed by atoms with Gasteiger partial charge >= 0.3 is 0 Å². The monoisotopic (exact) mass is 438 g/mol. The zero-order valence-corrected chi connectivity index (χ0v) is 21.5. The van der Waals surface area contributed by atoms with E-state index in [-0.39, 0.29) is 0 Å². The third-order valence-electron chi connectivity index (χ3n) is 9.80. The molecule has 4 bridgehead atoms. The summed E-state index contributed by atoms with van der Waals surface area (Å²) in [4.78, 5) is 0. The van der Waals surface area contributed by atoms with Gasteiger partial charge in [-0.05, 0) is 121 Å². The van der Waals surface area contributed by atoms with Gasteiger partial charge in [0.05, 0.1) is 10.9 Å². The van der Waals surface area contributed by atoms with Crippen molar-refractivity contribution in [2.75, 3.05) is 0 Å². The third kappa shape index (κ3) is 3.29. The van der Waals surface area contributed by atoms with Gasteiger partial charge in [0.25, 0.3) is 0 Å². The van der Waals surface area contributed by atoms with Gasteiger partial charge in [0.2, 0.25) is 5.69 Å². The minimum absolute atomic E-state index is 0.457. The molecule has 3 aromatic rings. The molecule has 1 heteroatoms. The van der Waals surface area contributed by atoms with Crippen molar-refractivity contribution >= 4 is 10.8 Å². The van der Waals surface area contributed by atoms with Crippen molar-refractivity contribution in [2.45, 2.75) is 84.5 Å². The smallest absolute Gasteiger partial charge is 0.198 e. The summed E-state index contributed by atoms with van der Waals surface area (Å²) in [6.07, 6.45) is 8.84. The molecule has 0 atom stereocenters. The lowest BCUT2D eigenvalue weighted by Gasteiger charge is -2.57. The molecule has 0 radical (unpaired) electrons. The van der Waals surface area contributed by atoms with Crippen molar-refractivity contribution in [2.24, 2.45) is 24.8 Å². The average Bonchev–Trinajstić information content (AvgIpc) is 2.75. The summed E-state index contributed by atoms with van der Waals surface area (Å²) in [5.74, 6) is 3.50. The topological polar surface area (TPSA) is 3.88 Å². The molecule has 172 valence electrons. The molecule has 4 saturated carbocycles. The van der Waals surface area contributed by atoms with E-state index < -0.39 is 0 Å². The molecular formula is C32H40N+. The lowest BCUT2D eigenvalue weighted by molar-refractivity contribution is -0.665. The SMILES string of the molecule is Cc1cc(C(C)C)cc(-c2c3ccc(C45CC6CC(CC(C6)C4)C5)cc3cc(C)[n+]2C)c1C. The molecule has 1 heterocycles. The molecule has 7 rings (SSSR count). The summed E-state index contributed by atoms with van der Waals surface area (Å²) >= 11 is 0. The van der Waals surface area contributed by atoms with Crippen LogP contribution in [-0.4, -0.2) is 0 Å². The second-order valence-corrected chi connectivity index (χ2v) is 12.4. The zero-order valence-electron chi connectivity index (χ0n) is 21.5. The fourth-order valence-electron chi connectivity index (χ4n) is 8.16. The van der Waals surface area contributed by atoms with Crippen LogP contribution in [0.25, 0.3) is 22.0 Å². The number of aromatic nitrogens is 1. The Labute approximate surface area is 200 Å². The highest BCUT2D eigenvalue weighted by molar-refractivity contribution is 5.94. The van der Waals surface area contributed by atoms with Crippen molar-refractivity contribution in [1.82, 2.24) is 0 Å². The first kappa shape index (κ1) is 21.4. The quantitative estimate of drug-likeness (QED) is 0.367.